The van der Waals surface area contributed by atoms with Crippen LogP contribution in [0.1, 0.15) is 162 Å². The molecule has 0 amide bonds. The minimum absolute atomic E-state index is 0.230. The molecule has 2 aliphatic rings. The molecule has 0 bridgehead atoms. The van der Waals surface area contributed by atoms with E-state index in [1.54, 1.807) is 12.1 Å². The second kappa shape index (κ2) is 15.2. The zero-order chi connectivity index (χ0) is 30.1. The molecule has 0 heterocycles. The molecular weight excluding hydrogens is 528 g/mol. The summed E-state index contributed by atoms with van der Waals surface area (Å²) in [4.78, 5) is 0. The Morgan fingerprint density at radius 2 is 1.02 bits per heavy atom. The van der Waals surface area contributed by atoms with Gasteiger partial charge in [0.25, 0.3) is 0 Å². The summed E-state index contributed by atoms with van der Waals surface area (Å²) in [5.41, 5.74) is 4.18. The van der Waals surface area contributed by atoms with Crippen molar-refractivity contribution in [2.45, 2.75) is 140 Å². The summed E-state index contributed by atoms with van der Waals surface area (Å²) in [6, 6.07) is 20.3. The molecule has 2 fully saturated rings. The number of phenols is 3. The predicted molar refractivity (Wildman–Crippen MR) is 178 cm³/mol. The molecule has 0 aliphatic heterocycles. The summed E-state index contributed by atoms with van der Waals surface area (Å²) in [5.74, 6) is 1.76. The molecule has 0 unspecified atom stereocenters. The maximum atomic E-state index is 12.2. The molecular formula is C40H54O3. The van der Waals surface area contributed by atoms with E-state index in [0.717, 1.165) is 72.8 Å². The van der Waals surface area contributed by atoms with Crippen LogP contribution in [0.3, 0.4) is 0 Å². The number of rotatable bonds is 13. The van der Waals surface area contributed by atoms with Crippen molar-refractivity contribution in [1.29, 1.82) is 0 Å². The summed E-state index contributed by atoms with van der Waals surface area (Å²) < 4.78 is 0. The monoisotopic (exact) mass is 582 g/mol. The Hall–Kier alpha value is -2.94. The molecule has 3 aromatic rings. The number of phenolic OH excluding ortho intramolecular Hbond substituents is 3. The van der Waals surface area contributed by atoms with Crippen LogP contribution in [0.15, 0.2) is 60.7 Å². The average molecular weight is 583 g/mol. The summed E-state index contributed by atoms with van der Waals surface area (Å²) in [6.45, 7) is 2.26. The van der Waals surface area contributed by atoms with Crippen molar-refractivity contribution in [2.24, 2.45) is 0 Å². The molecule has 43 heavy (non-hydrogen) atoms. The van der Waals surface area contributed by atoms with Gasteiger partial charge in [-0.3, -0.25) is 0 Å². The number of hydrogen-bond acceptors (Lipinski definition) is 3. The van der Waals surface area contributed by atoms with Crippen LogP contribution < -0.4 is 0 Å². The molecule has 5 rings (SSSR count). The zero-order valence-electron chi connectivity index (χ0n) is 26.5. The lowest BCUT2D eigenvalue weighted by molar-refractivity contribution is 0.387. The minimum Gasteiger partial charge on any atom is -0.508 e. The van der Waals surface area contributed by atoms with Crippen LogP contribution in [0.2, 0.25) is 0 Å². The third-order valence-corrected chi connectivity index (χ3v) is 10.7. The van der Waals surface area contributed by atoms with Gasteiger partial charge in [-0.25, -0.2) is 0 Å². The van der Waals surface area contributed by atoms with E-state index in [0.29, 0.717) is 23.3 Å². The van der Waals surface area contributed by atoms with E-state index < -0.39 is 5.41 Å². The molecule has 0 spiro atoms. The summed E-state index contributed by atoms with van der Waals surface area (Å²) >= 11 is 0. The lowest BCUT2D eigenvalue weighted by atomic mass is 9.64. The van der Waals surface area contributed by atoms with Gasteiger partial charge in [0, 0.05) is 11.1 Å². The van der Waals surface area contributed by atoms with Gasteiger partial charge in [-0.15, -0.1) is 0 Å². The maximum absolute atomic E-state index is 12.2. The first-order valence-corrected chi connectivity index (χ1v) is 17.5. The SMILES string of the molecule is CCCCCCCCCC(c1ccc(O)cc1)(c1cccc(C2CCCCC2)c1O)c1cccc(C2CCCCC2)c1O. The zero-order valence-corrected chi connectivity index (χ0v) is 26.5. The average Bonchev–Trinajstić information content (AvgIpc) is 3.04. The van der Waals surface area contributed by atoms with Crippen LogP contribution in [0.25, 0.3) is 0 Å². The van der Waals surface area contributed by atoms with Crippen molar-refractivity contribution in [3.8, 4) is 17.2 Å². The van der Waals surface area contributed by atoms with Gasteiger partial charge in [0.15, 0.2) is 0 Å². The van der Waals surface area contributed by atoms with Gasteiger partial charge in [0.1, 0.15) is 17.2 Å². The van der Waals surface area contributed by atoms with E-state index >= 15 is 0 Å². The van der Waals surface area contributed by atoms with Gasteiger partial charge in [0.05, 0.1) is 5.41 Å². The molecule has 3 nitrogen and oxygen atoms in total. The predicted octanol–water partition coefficient (Wildman–Crippen LogP) is 11.4. The molecule has 232 valence electrons. The molecule has 3 N–H and O–H groups in total. The van der Waals surface area contributed by atoms with Crippen LogP contribution in [0, 0.1) is 0 Å². The van der Waals surface area contributed by atoms with Gasteiger partial charge in [-0.1, -0.05) is 139 Å². The van der Waals surface area contributed by atoms with Gasteiger partial charge in [-0.05, 0) is 72.8 Å². The Balaban J connectivity index is 1.65. The third kappa shape index (κ3) is 7.08. The fourth-order valence-corrected chi connectivity index (χ4v) is 8.26. The van der Waals surface area contributed by atoms with Crippen LogP contribution in [0.5, 0.6) is 17.2 Å². The molecule has 3 aromatic carbocycles. The number of unbranched alkanes of at least 4 members (excludes halogenated alkanes) is 6. The lowest BCUT2D eigenvalue weighted by Crippen LogP contribution is -2.30. The van der Waals surface area contributed by atoms with Crippen LogP contribution in [0.4, 0.5) is 0 Å². The molecule has 2 saturated carbocycles. The highest BCUT2D eigenvalue weighted by atomic mass is 16.3. The van der Waals surface area contributed by atoms with E-state index in [-0.39, 0.29) is 5.75 Å². The van der Waals surface area contributed by atoms with Crippen molar-refractivity contribution in [1.82, 2.24) is 0 Å². The Labute approximate surface area is 260 Å². The Kier molecular flexibility index (Phi) is 11.1. The first-order valence-electron chi connectivity index (χ1n) is 17.5. The van der Waals surface area contributed by atoms with Crippen molar-refractivity contribution in [2.75, 3.05) is 0 Å². The quantitative estimate of drug-likeness (QED) is 0.139. The molecule has 0 aromatic heterocycles. The highest BCUT2D eigenvalue weighted by molar-refractivity contribution is 5.62. The second-order valence-electron chi connectivity index (χ2n) is 13.5. The number of hydrogen-bond donors (Lipinski definition) is 3. The number of benzene rings is 3. The fraction of sp³-hybridized carbons (Fsp3) is 0.550. The van der Waals surface area contributed by atoms with Crippen LogP contribution in [-0.2, 0) is 5.41 Å². The maximum Gasteiger partial charge on any atom is 0.123 e. The third-order valence-electron chi connectivity index (χ3n) is 10.7. The van der Waals surface area contributed by atoms with Crippen molar-refractivity contribution in [3.63, 3.8) is 0 Å². The van der Waals surface area contributed by atoms with E-state index in [1.807, 2.05) is 12.1 Å². The molecule has 0 radical (unpaired) electrons. The van der Waals surface area contributed by atoms with Gasteiger partial charge in [-0.2, -0.15) is 0 Å². The Morgan fingerprint density at radius 1 is 0.558 bits per heavy atom. The van der Waals surface area contributed by atoms with Gasteiger partial charge >= 0.3 is 0 Å². The smallest absolute Gasteiger partial charge is 0.123 e. The largest absolute Gasteiger partial charge is 0.508 e. The first kappa shape index (κ1) is 31.5. The van der Waals surface area contributed by atoms with E-state index in [1.165, 1.54) is 70.6 Å². The van der Waals surface area contributed by atoms with E-state index in [4.69, 9.17) is 0 Å². The second-order valence-corrected chi connectivity index (χ2v) is 13.5. The molecule has 2 aliphatic carbocycles. The van der Waals surface area contributed by atoms with Crippen molar-refractivity contribution in [3.05, 3.63) is 88.5 Å². The Morgan fingerprint density at radius 3 is 1.51 bits per heavy atom. The number of aromatic hydroxyl groups is 3. The fourth-order valence-electron chi connectivity index (χ4n) is 8.26. The van der Waals surface area contributed by atoms with Crippen molar-refractivity contribution < 1.29 is 15.3 Å². The number of para-hydroxylation sites is 2. The van der Waals surface area contributed by atoms with Crippen LogP contribution >= 0.6 is 0 Å². The van der Waals surface area contributed by atoms with E-state index in [2.05, 4.69) is 43.3 Å². The lowest BCUT2D eigenvalue weighted by Gasteiger charge is -2.39. The topological polar surface area (TPSA) is 60.7 Å². The molecule has 0 saturated heterocycles. The molecule has 0 atom stereocenters. The highest BCUT2D eigenvalue weighted by Gasteiger charge is 2.42. The summed E-state index contributed by atoms with van der Waals surface area (Å²) in [5, 5.41) is 34.8. The van der Waals surface area contributed by atoms with Gasteiger partial charge in [0.2, 0.25) is 0 Å². The summed E-state index contributed by atoms with van der Waals surface area (Å²) in [7, 11) is 0. The highest BCUT2D eigenvalue weighted by Crippen LogP contribution is 2.53. The normalized spacial score (nSPS) is 16.9. The van der Waals surface area contributed by atoms with E-state index in [9.17, 15) is 15.3 Å². The summed E-state index contributed by atoms with van der Waals surface area (Å²) in [6.07, 6.45) is 21.0. The van der Waals surface area contributed by atoms with Crippen molar-refractivity contribution >= 4 is 0 Å². The van der Waals surface area contributed by atoms with Gasteiger partial charge < -0.3 is 15.3 Å². The minimum atomic E-state index is -0.735. The van der Waals surface area contributed by atoms with Crippen LogP contribution in [-0.4, -0.2) is 15.3 Å². The first-order chi connectivity index (χ1) is 21.1. The molecule has 3 heteroatoms. The standard InChI is InChI=1S/C40H54O3/c1-2-3-4-5-6-7-14-29-40(32-25-27-33(41)28-26-32,36-23-15-21-34(38(36)42)30-17-10-8-11-18-30)37-24-16-22-35(39(37)43)31-19-12-9-13-20-31/h15-16,21-28,30-31,41-43H,2-14,17-20,29H2,1H3. The Bertz CT molecular complexity index is 1210.